The van der Waals surface area contributed by atoms with E-state index in [2.05, 4.69) is 17.1 Å². The Hall–Kier alpha value is -0.640. The highest BCUT2D eigenvalue weighted by molar-refractivity contribution is 6.30. The lowest BCUT2D eigenvalue weighted by Crippen LogP contribution is -2.49. The van der Waals surface area contributed by atoms with E-state index in [4.69, 9.17) is 11.6 Å². The molecular formula is C12H16ClFN2. The van der Waals surface area contributed by atoms with Crippen LogP contribution in [0.1, 0.15) is 12.5 Å². The van der Waals surface area contributed by atoms with Gasteiger partial charge in [-0.2, -0.15) is 0 Å². The number of piperazine rings is 1. The van der Waals surface area contributed by atoms with Crippen LogP contribution in [0.2, 0.25) is 5.02 Å². The fraction of sp³-hybridized carbons (Fsp3) is 0.500. The van der Waals surface area contributed by atoms with Gasteiger partial charge in [0, 0.05) is 42.8 Å². The van der Waals surface area contributed by atoms with Gasteiger partial charge in [-0.05, 0) is 25.1 Å². The van der Waals surface area contributed by atoms with E-state index in [0.29, 0.717) is 23.2 Å². The molecule has 1 unspecified atom stereocenters. The zero-order valence-electron chi connectivity index (χ0n) is 9.34. The van der Waals surface area contributed by atoms with Crippen LogP contribution < -0.4 is 5.32 Å². The largest absolute Gasteiger partial charge is 0.314 e. The molecule has 1 aromatic carbocycles. The molecule has 1 fully saturated rings. The second kappa shape index (κ2) is 5.13. The van der Waals surface area contributed by atoms with Gasteiger partial charge in [0.15, 0.2) is 0 Å². The minimum atomic E-state index is -0.171. The number of halogens is 2. The van der Waals surface area contributed by atoms with Crippen molar-refractivity contribution in [2.24, 2.45) is 0 Å². The zero-order chi connectivity index (χ0) is 11.5. The van der Waals surface area contributed by atoms with Crippen molar-refractivity contribution in [1.29, 1.82) is 0 Å². The Morgan fingerprint density at radius 2 is 2.38 bits per heavy atom. The molecular weight excluding hydrogens is 227 g/mol. The smallest absolute Gasteiger partial charge is 0.127 e. The summed E-state index contributed by atoms with van der Waals surface area (Å²) in [5, 5.41) is 3.91. The maximum atomic E-state index is 13.6. The normalized spacial score (nSPS) is 22.3. The van der Waals surface area contributed by atoms with Crippen molar-refractivity contribution >= 4 is 11.6 Å². The predicted octanol–water partition coefficient (Wildman–Crippen LogP) is 2.27. The number of hydrogen-bond donors (Lipinski definition) is 1. The van der Waals surface area contributed by atoms with Gasteiger partial charge in [-0.1, -0.05) is 11.6 Å². The first kappa shape index (κ1) is 11.8. The maximum Gasteiger partial charge on any atom is 0.127 e. The van der Waals surface area contributed by atoms with E-state index in [9.17, 15) is 4.39 Å². The highest BCUT2D eigenvalue weighted by atomic mass is 35.5. The number of rotatable bonds is 2. The van der Waals surface area contributed by atoms with Crippen molar-refractivity contribution in [3.8, 4) is 0 Å². The molecule has 16 heavy (non-hydrogen) atoms. The van der Waals surface area contributed by atoms with E-state index in [1.54, 1.807) is 12.1 Å². The summed E-state index contributed by atoms with van der Waals surface area (Å²) in [6, 6.07) is 5.17. The minimum Gasteiger partial charge on any atom is -0.314 e. The van der Waals surface area contributed by atoms with Crippen molar-refractivity contribution in [3.63, 3.8) is 0 Å². The van der Waals surface area contributed by atoms with Crippen LogP contribution in [0.25, 0.3) is 0 Å². The molecule has 1 aliphatic rings. The Morgan fingerprint density at radius 3 is 3.12 bits per heavy atom. The van der Waals surface area contributed by atoms with E-state index < -0.39 is 0 Å². The molecule has 1 N–H and O–H groups in total. The van der Waals surface area contributed by atoms with Crippen LogP contribution in [0.3, 0.4) is 0 Å². The fourth-order valence-electron chi connectivity index (χ4n) is 2.00. The van der Waals surface area contributed by atoms with Crippen LogP contribution in [-0.4, -0.2) is 30.6 Å². The van der Waals surface area contributed by atoms with Gasteiger partial charge in [0.2, 0.25) is 0 Å². The van der Waals surface area contributed by atoms with Gasteiger partial charge in [0.25, 0.3) is 0 Å². The van der Waals surface area contributed by atoms with Crippen LogP contribution in [0, 0.1) is 5.82 Å². The monoisotopic (exact) mass is 242 g/mol. The Balaban J connectivity index is 2.10. The van der Waals surface area contributed by atoms with Crippen LogP contribution in [0.5, 0.6) is 0 Å². The van der Waals surface area contributed by atoms with Gasteiger partial charge >= 0.3 is 0 Å². The molecule has 1 aliphatic heterocycles. The van der Waals surface area contributed by atoms with Gasteiger partial charge in [-0.15, -0.1) is 0 Å². The Labute approximate surface area is 100 Å². The fourth-order valence-corrected chi connectivity index (χ4v) is 2.20. The van der Waals surface area contributed by atoms with Gasteiger partial charge in [0.1, 0.15) is 5.82 Å². The molecule has 0 spiro atoms. The summed E-state index contributed by atoms with van der Waals surface area (Å²) in [6.07, 6.45) is 0. The molecule has 1 aromatic rings. The molecule has 0 radical (unpaired) electrons. The Morgan fingerprint density at radius 1 is 1.56 bits per heavy atom. The zero-order valence-corrected chi connectivity index (χ0v) is 10.1. The van der Waals surface area contributed by atoms with Crippen molar-refractivity contribution in [3.05, 3.63) is 34.6 Å². The predicted molar refractivity (Wildman–Crippen MR) is 64.2 cm³/mol. The summed E-state index contributed by atoms with van der Waals surface area (Å²) in [7, 11) is 0. The topological polar surface area (TPSA) is 15.3 Å². The standard InChI is InChI=1S/C12H16ClFN2/c1-9-7-15-4-5-16(9)8-10-6-11(13)2-3-12(10)14/h2-3,6,9,15H,4-5,7-8H2,1H3. The molecule has 1 saturated heterocycles. The first-order valence-corrected chi connectivity index (χ1v) is 5.93. The van der Waals surface area contributed by atoms with E-state index >= 15 is 0 Å². The van der Waals surface area contributed by atoms with Gasteiger partial charge in [-0.3, -0.25) is 4.90 Å². The first-order chi connectivity index (χ1) is 7.66. The Bertz CT molecular complexity index is 370. The van der Waals surface area contributed by atoms with E-state index in [0.717, 1.165) is 19.6 Å². The van der Waals surface area contributed by atoms with Crippen molar-refractivity contribution in [2.45, 2.75) is 19.5 Å². The van der Waals surface area contributed by atoms with Crippen molar-refractivity contribution in [1.82, 2.24) is 10.2 Å². The molecule has 0 bridgehead atoms. The third-order valence-electron chi connectivity index (χ3n) is 3.02. The summed E-state index contributed by atoms with van der Waals surface area (Å²) in [6.45, 7) is 5.66. The second-order valence-electron chi connectivity index (χ2n) is 4.26. The highest BCUT2D eigenvalue weighted by Gasteiger charge is 2.19. The SMILES string of the molecule is CC1CNCCN1Cc1cc(Cl)ccc1F. The van der Waals surface area contributed by atoms with Gasteiger partial charge in [-0.25, -0.2) is 4.39 Å². The molecule has 2 rings (SSSR count). The number of nitrogens with zero attached hydrogens (tertiary/aromatic N) is 1. The molecule has 1 heterocycles. The summed E-state index contributed by atoms with van der Waals surface area (Å²) in [5.74, 6) is -0.171. The molecule has 0 aromatic heterocycles. The van der Waals surface area contributed by atoms with Crippen LogP contribution in [0.4, 0.5) is 4.39 Å². The van der Waals surface area contributed by atoms with Crippen LogP contribution >= 0.6 is 11.6 Å². The Kier molecular flexibility index (Phi) is 3.79. The number of hydrogen-bond acceptors (Lipinski definition) is 2. The molecule has 2 nitrogen and oxygen atoms in total. The van der Waals surface area contributed by atoms with Crippen LogP contribution in [0.15, 0.2) is 18.2 Å². The lowest BCUT2D eigenvalue weighted by Gasteiger charge is -2.33. The average Bonchev–Trinajstić information content (AvgIpc) is 2.27. The molecule has 0 aliphatic carbocycles. The molecule has 4 heteroatoms. The van der Waals surface area contributed by atoms with E-state index in [-0.39, 0.29) is 5.82 Å². The third kappa shape index (κ3) is 2.73. The molecule has 0 amide bonds. The van der Waals surface area contributed by atoms with Crippen LogP contribution in [-0.2, 0) is 6.54 Å². The van der Waals surface area contributed by atoms with E-state index in [1.807, 2.05) is 0 Å². The summed E-state index contributed by atoms with van der Waals surface area (Å²) >= 11 is 5.87. The minimum absolute atomic E-state index is 0.171. The summed E-state index contributed by atoms with van der Waals surface area (Å²) < 4.78 is 13.6. The summed E-state index contributed by atoms with van der Waals surface area (Å²) in [4.78, 5) is 2.27. The highest BCUT2D eigenvalue weighted by Crippen LogP contribution is 2.18. The lowest BCUT2D eigenvalue weighted by atomic mass is 10.1. The molecule has 0 saturated carbocycles. The second-order valence-corrected chi connectivity index (χ2v) is 4.70. The van der Waals surface area contributed by atoms with E-state index in [1.165, 1.54) is 6.07 Å². The number of benzene rings is 1. The third-order valence-corrected chi connectivity index (χ3v) is 3.26. The van der Waals surface area contributed by atoms with Gasteiger partial charge in [0.05, 0.1) is 0 Å². The number of nitrogens with one attached hydrogen (secondary N) is 1. The quantitative estimate of drug-likeness (QED) is 0.856. The molecule has 88 valence electrons. The van der Waals surface area contributed by atoms with Crippen molar-refractivity contribution < 1.29 is 4.39 Å². The maximum absolute atomic E-state index is 13.6. The lowest BCUT2D eigenvalue weighted by molar-refractivity contribution is 0.164. The first-order valence-electron chi connectivity index (χ1n) is 5.55. The van der Waals surface area contributed by atoms with Gasteiger partial charge < -0.3 is 5.32 Å². The average molecular weight is 243 g/mol. The summed E-state index contributed by atoms with van der Waals surface area (Å²) in [5.41, 5.74) is 0.682. The van der Waals surface area contributed by atoms with Crippen molar-refractivity contribution in [2.75, 3.05) is 19.6 Å². The molecule has 1 atom stereocenters.